The summed E-state index contributed by atoms with van der Waals surface area (Å²) < 4.78 is 5.97. The van der Waals surface area contributed by atoms with Crippen LogP contribution in [0, 0.1) is 5.92 Å². The summed E-state index contributed by atoms with van der Waals surface area (Å²) in [6.07, 6.45) is 8.57. The van der Waals surface area contributed by atoms with Gasteiger partial charge >= 0.3 is 5.97 Å². The molecule has 34 heavy (non-hydrogen) atoms. The second-order valence-corrected chi connectivity index (χ2v) is 10.6. The van der Waals surface area contributed by atoms with Crippen LogP contribution in [0.15, 0.2) is 24.5 Å². The zero-order valence-electron chi connectivity index (χ0n) is 20.5. The van der Waals surface area contributed by atoms with E-state index >= 15 is 0 Å². The van der Waals surface area contributed by atoms with Crippen LogP contribution in [0.2, 0.25) is 0 Å². The van der Waals surface area contributed by atoms with E-state index in [4.69, 9.17) is 9.72 Å². The van der Waals surface area contributed by atoms with Crippen LogP contribution in [0.25, 0.3) is 0 Å². The van der Waals surface area contributed by atoms with Crippen LogP contribution in [0.5, 0.6) is 0 Å². The summed E-state index contributed by atoms with van der Waals surface area (Å²) in [4.78, 5) is 25.0. The highest BCUT2D eigenvalue weighted by atomic mass is 16.5. The lowest BCUT2D eigenvalue weighted by Gasteiger charge is -2.35. The molecule has 2 aromatic rings. The van der Waals surface area contributed by atoms with Gasteiger partial charge in [0.1, 0.15) is 24.0 Å². The Hall–Kier alpha value is -2.74. The van der Waals surface area contributed by atoms with E-state index in [-0.39, 0.29) is 11.5 Å². The Morgan fingerprint density at radius 3 is 2.88 bits per heavy atom. The molecule has 2 aromatic heterocycles. The first-order valence-corrected chi connectivity index (χ1v) is 12.4. The molecule has 0 bridgehead atoms. The number of rotatable bonds is 10. The molecule has 1 atom stereocenters. The number of pyridine rings is 1. The molecule has 8 nitrogen and oxygen atoms in total. The summed E-state index contributed by atoms with van der Waals surface area (Å²) in [6.45, 7) is 7.62. The van der Waals surface area contributed by atoms with Gasteiger partial charge in [0.25, 0.3) is 0 Å². The number of anilines is 2. The Morgan fingerprint density at radius 2 is 2.12 bits per heavy atom. The summed E-state index contributed by atoms with van der Waals surface area (Å²) in [7, 11) is 0. The summed E-state index contributed by atoms with van der Waals surface area (Å²) in [5.74, 6) is 1.35. The lowest BCUT2D eigenvalue weighted by molar-refractivity contribution is -0.138. The van der Waals surface area contributed by atoms with E-state index in [0.717, 1.165) is 55.9 Å². The fourth-order valence-corrected chi connectivity index (χ4v) is 4.54. The van der Waals surface area contributed by atoms with Gasteiger partial charge in [-0.2, -0.15) is 0 Å². The lowest BCUT2D eigenvalue weighted by Crippen LogP contribution is -2.35. The summed E-state index contributed by atoms with van der Waals surface area (Å²) in [5.41, 5.74) is 3.23. The van der Waals surface area contributed by atoms with Crippen LogP contribution in [0.3, 0.4) is 0 Å². The molecule has 0 saturated heterocycles. The van der Waals surface area contributed by atoms with E-state index in [1.807, 2.05) is 6.07 Å². The van der Waals surface area contributed by atoms with Gasteiger partial charge < -0.3 is 20.5 Å². The van der Waals surface area contributed by atoms with E-state index in [0.29, 0.717) is 24.8 Å². The molecule has 3 N–H and O–H groups in total. The molecule has 2 aliphatic rings. The van der Waals surface area contributed by atoms with Crippen molar-refractivity contribution in [1.29, 1.82) is 0 Å². The minimum absolute atomic E-state index is 0.130. The van der Waals surface area contributed by atoms with Crippen molar-refractivity contribution in [2.24, 2.45) is 5.92 Å². The number of carboxylic acid groups (broad SMARTS) is 1. The highest BCUT2D eigenvalue weighted by molar-refractivity contribution is 5.76. The monoisotopic (exact) mass is 467 g/mol. The predicted molar refractivity (Wildman–Crippen MR) is 132 cm³/mol. The Kier molecular flexibility index (Phi) is 7.66. The molecule has 4 rings (SSSR count). The summed E-state index contributed by atoms with van der Waals surface area (Å²) >= 11 is 0. The van der Waals surface area contributed by atoms with Gasteiger partial charge in [-0.15, -0.1) is 0 Å². The number of aliphatic carboxylic acids is 1. The first kappa shape index (κ1) is 24.4. The Labute approximate surface area is 202 Å². The Bertz CT molecular complexity index is 985. The number of fused-ring (bicyclic) bond motifs is 1. The Balaban J connectivity index is 1.16. The number of hydrogen-bond donors (Lipinski definition) is 3. The van der Waals surface area contributed by atoms with E-state index in [9.17, 15) is 9.90 Å². The number of hydrogen-bond acceptors (Lipinski definition) is 7. The second-order valence-electron chi connectivity index (χ2n) is 10.6. The van der Waals surface area contributed by atoms with Crippen LogP contribution < -0.4 is 10.6 Å². The average molecular weight is 468 g/mol. The number of ether oxygens (including phenoxy) is 1. The largest absolute Gasteiger partial charge is 0.480 e. The number of aryl methyl sites for hydroxylation is 2. The van der Waals surface area contributed by atoms with Crippen molar-refractivity contribution in [2.45, 2.75) is 83.3 Å². The smallest absolute Gasteiger partial charge is 0.326 e. The molecule has 1 aliphatic heterocycles. The molecule has 3 heterocycles. The molecule has 8 heteroatoms. The number of carboxylic acids is 1. The maximum atomic E-state index is 11.7. The highest BCUT2D eigenvalue weighted by Crippen LogP contribution is 2.34. The number of nitrogens with zero attached hydrogens (tertiary/aromatic N) is 3. The van der Waals surface area contributed by atoms with Gasteiger partial charge in [-0.25, -0.2) is 19.7 Å². The van der Waals surface area contributed by atoms with Gasteiger partial charge in [-0.3, -0.25) is 0 Å². The van der Waals surface area contributed by atoms with Crippen molar-refractivity contribution in [3.8, 4) is 0 Å². The van der Waals surface area contributed by atoms with Crippen LogP contribution in [0.1, 0.15) is 69.8 Å². The standard InChI is InChI=1S/C26H37N5O3/c1-26(2,3)22-15-23(29-16-28-22)31-21(25(32)33)10-12-34-20-13-17(14-20)6-8-19-9-7-18-5-4-11-27-24(18)30-19/h7,9,15-17,20-21H,4-6,8,10-14H2,1-3H3,(H,27,30)(H,32,33)(H,28,29,31). The average Bonchev–Trinajstić information content (AvgIpc) is 2.78. The quantitative estimate of drug-likeness (QED) is 0.477. The van der Waals surface area contributed by atoms with E-state index in [1.165, 1.54) is 18.3 Å². The maximum Gasteiger partial charge on any atom is 0.326 e. The number of carbonyl (C=O) groups is 1. The molecule has 1 aliphatic carbocycles. The SMILES string of the molecule is CC(C)(C)c1cc(NC(CCOC2CC(CCc3ccc4c(n3)NCCC4)C2)C(=O)O)ncn1. The van der Waals surface area contributed by atoms with Crippen LogP contribution in [0.4, 0.5) is 11.6 Å². The summed E-state index contributed by atoms with van der Waals surface area (Å²) in [6, 6.07) is 5.46. The third kappa shape index (κ3) is 6.44. The van der Waals surface area contributed by atoms with Crippen molar-refractivity contribution < 1.29 is 14.6 Å². The first-order chi connectivity index (χ1) is 16.3. The molecule has 0 aromatic carbocycles. The third-order valence-electron chi connectivity index (χ3n) is 6.77. The molecule has 184 valence electrons. The van der Waals surface area contributed by atoms with Gasteiger partial charge in [0.2, 0.25) is 0 Å². The normalized spacial score (nSPS) is 20.6. The van der Waals surface area contributed by atoms with Crippen LogP contribution >= 0.6 is 0 Å². The fraction of sp³-hybridized carbons (Fsp3) is 0.615. The van der Waals surface area contributed by atoms with Gasteiger partial charge in [0.05, 0.1) is 11.8 Å². The molecule has 1 saturated carbocycles. The van der Waals surface area contributed by atoms with Crippen molar-refractivity contribution in [3.63, 3.8) is 0 Å². The number of nitrogens with one attached hydrogen (secondary N) is 2. The molecule has 1 unspecified atom stereocenters. The molecule has 0 radical (unpaired) electrons. The molecule has 1 fully saturated rings. The van der Waals surface area contributed by atoms with Crippen molar-refractivity contribution in [3.05, 3.63) is 41.5 Å². The highest BCUT2D eigenvalue weighted by Gasteiger charge is 2.30. The van der Waals surface area contributed by atoms with Crippen molar-refractivity contribution in [2.75, 3.05) is 23.8 Å². The van der Waals surface area contributed by atoms with Crippen LogP contribution in [-0.2, 0) is 27.8 Å². The predicted octanol–water partition coefficient (Wildman–Crippen LogP) is 4.21. The Morgan fingerprint density at radius 1 is 1.29 bits per heavy atom. The van der Waals surface area contributed by atoms with Gasteiger partial charge in [0, 0.05) is 36.7 Å². The van der Waals surface area contributed by atoms with E-state index < -0.39 is 12.0 Å². The molecular formula is C26H37N5O3. The fourth-order valence-electron chi connectivity index (χ4n) is 4.54. The van der Waals surface area contributed by atoms with Gasteiger partial charge in [0.15, 0.2) is 0 Å². The van der Waals surface area contributed by atoms with E-state index in [2.05, 4.69) is 53.5 Å². The third-order valence-corrected chi connectivity index (χ3v) is 6.77. The first-order valence-electron chi connectivity index (χ1n) is 12.4. The molecule has 0 spiro atoms. The zero-order chi connectivity index (χ0) is 24.1. The zero-order valence-corrected chi connectivity index (χ0v) is 20.5. The maximum absolute atomic E-state index is 11.7. The minimum Gasteiger partial charge on any atom is -0.480 e. The van der Waals surface area contributed by atoms with Gasteiger partial charge in [-0.05, 0) is 56.1 Å². The van der Waals surface area contributed by atoms with E-state index in [1.54, 1.807) is 0 Å². The molecule has 0 amide bonds. The van der Waals surface area contributed by atoms with Crippen LogP contribution in [-0.4, -0.2) is 51.3 Å². The summed E-state index contributed by atoms with van der Waals surface area (Å²) in [5, 5.41) is 16.1. The van der Waals surface area contributed by atoms with Crippen molar-refractivity contribution in [1.82, 2.24) is 15.0 Å². The molecular weight excluding hydrogens is 430 g/mol. The minimum atomic E-state index is -0.905. The second kappa shape index (κ2) is 10.7. The lowest BCUT2D eigenvalue weighted by atomic mass is 9.79. The van der Waals surface area contributed by atoms with Crippen molar-refractivity contribution >= 4 is 17.6 Å². The van der Waals surface area contributed by atoms with Gasteiger partial charge in [-0.1, -0.05) is 26.8 Å². The number of aromatic nitrogens is 3. The topological polar surface area (TPSA) is 109 Å².